The van der Waals surface area contributed by atoms with E-state index in [0.29, 0.717) is 0 Å². The van der Waals surface area contributed by atoms with Crippen molar-refractivity contribution in [2.24, 2.45) is 0 Å². The van der Waals surface area contributed by atoms with Crippen molar-refractivity contribution in [2.45, 2.75) is 26.2 Å². The first-order valence-electron chi connectivity index (χ1n) is 2.31. The minimum atomic E-state index is 0. The van der Waals surface area contributed by atoms with Crippen LogP contribution in [0.5, 0.6) is 0 Å². The molecule has 0 saturated carbocycles. The summed E-state index contributed by atoms with van der Waals surface area (Å²) >= 11 is 0. The first-order valence-corrected chi connectivity index (χ1v) is 6.93. The molecule has 0 rings (SSSR count). The van der Waals surface area contributed by atoms with Gasteiger partial charge in [-0.2, -0.15) is 0 Å². The number of rotatable bonds is 0. The van der Waals surface area contributed by atoms with E-state index in [2.05, 4.69) is 26.2 Å². The first kappa shape index (κ1) is 30.7. The molecule has 58 valence electrons. The van der Waals surface area contributed by atoms with Gasteiger partial charge in [-0.25, -0.2) is 0 Å². The second-order valence-electron chi connectivity index (χ2n) is 1.15. The van der Waals surface area contributed by atoms with Gasteiger partial charge in [-0.05, 0) is 0 Å². The van der Waals surface area contributed by atoms with Gasteiger partial charge in [0, 0.05) is 44.9 Å². The molecule has 0 unspecified atom stereocenters. The van der Waals surface area contributed by atoms with E-state index in [-0.39, 0.29) is 50.7 Å². The SMILES string of the molecule is C[SiH]C.C[SiH]C.[Cl-].[Cl-].[Hf]. The summed E-state index contributed by atoms with van der Waals surface area (Å²) in [6, 6.07) is 0. The van der Waals surface area contributed by atoms with Crippen molar-refractivity contribution >= 4 is 19.0 Å². The molecule has 0 amide bonds. The van der Waals surface area contributed by atoms with Crippen LogP contribution in [0.15, 0.2) is 0 Å². The van der Waals surface area contributed by atoms with Crippen LogP contribution >= 0.6 is 0 Å². The van der Waals surface area contributed by atoms with Crippen LogP contribution in [-0.2, 0) is 25.8 Å². The summed E-state index contributed by atoms with van der Waals surface area (Å²) in [7, 11) is 1.50. The van der Waals surface area contributed by atoms with Gasteiger partial charge in [-0.15, -0.1) is 0 Å². The van der Waals surface area contributed by atoms with Crippen LogP contribution in [0.4, 0.5) is 0 Å². The summed E-state index contributed by atoms with van der Waals surface area (Å²) in [6.45, 7) is 8.83. The molecular formula is C4H14Cl2HfSi2-2. The zero-order valence-electron chi connectivity index (χ0n) is 6.41. The van der Waals surface area contributed by atoms with Gasteiger partial charge < -0.3 is 24.8 Å². The van der Waals surface area contributed by atoms with E-state index in [0.717, 1.165) is 19.0 Å². The quantitative estimate of drug-likeness (QED) is 0.376. The molecule has 0 aliphatic rings. The van der Waals surface area contributed by atoms with Crippen molar-refractivity contribution in [1.29, 1.82) is 0 Å². The first-order chi connectivity index (χ1) is 2.83. The van der Waals surface area contributed by atoms with Crippen molar-refractivity contribution in [2.75, 3.05) is 0 Å². The van der Waals surface area contributed by atoms with Crippen LogP contribution in [0.1, 0.15) is 0 Å². The zero-order valence-corrected chi connectivity index (χ0v) is 13.8. The molecule has 5 heteroatoms. The van der Waals surface area contributed by atoms with Crippen LogP contribution in [0.25, 0.3) is 0 Å². The van der Waals surface area contributed by atoms with Crippen LogP contribution in [0, 0.1) is 0 Å². The van der Waals surface area contributed by atoms with Gasteiger partial charge in [-0.3, -0.25) is 0 Å². The fraction of sp³-hybridized carbons (Fsp3) is 1.00. The Balaban J connectivity index is -0.00000000889. The van der Waals surface area contributed by atoms with Crippen LogP contribution < -0.4 is 24.8 Å². The number of halogens is 2. The van der Waals surface area contributed by atoms with E-state index in [1.807, 2.05) is 0 Å². The van der Waals surface area contributed by atoms with Gasteiger partial charge >= 0.3 is 0 Å². The Bertz CT molecular complexity index is 18.5. The maximum Gasteiger partial charge on any atom is 0.0213 e. The van der Waals surface area contributed by atoms with E-state index in [9.17, 15) is 0 Å². The molecule has 2 radical (unpaired) electrons. The predicted molar refractivity (Wildman–Crippen MR) is 37.8 cm³/mol. The Morgan fingerprint density at radius 3 is 0.667 bits per heavy atom. The van der Waals surface area contributed by atoms with Crippen molar-refractivity contribution in [3.63, 3.8) is 0 Å². The normalized spacial score (nSPS) is 4.00. The maximum atomic E-state index is 2.21. The van der Waals surface area contributed by atoms with Crippen LogP contribution in [-0.4, -0.2) is 19.0 Å². The Morgan fingerprint density at radius 1 is 0.667 bits per heavy atom. The minimum absolute atomic E-state index is 0. The summed E-state index contributed by atoms with van der Waals surface area (Å²) < 4.78 is 0. The monoisotopic (exact) mass is 368 g/mol. The van der Waals surface area contributed by atoms with Gasteiger partial charge in [0.15, 0.2) is 0 Å². The summed E-state index contributed by atoms with van der Waals surface area (Å²) in [5, 5.41) is 0. The molecule has 0 aromatic rings. The van der Waals surface area contributed by atoms with Crippen LogP contribution in [0.2, 0.25) is 26.2 Å². The van der Waals surface area contributed by atoms with Crippen molar-refractivity contribution in [3.05, 3.63) is 0 Å². The molecule has 0 N–H and O–H groups in total. The maximum absolute atomic E-state index is 2.21. The Morgan fingerprint density at radius 2 is 0.667 bits per heavy atom. The smallest absolute Gasteiger partial charge is 0.0213 e. The summed E-state index contributed by atoms with van der Waals surface area (Å²) in [6.07, 6.45) is 0. The number of hydrogen-bond acceptors (Lipinski definition) is 0. The third-order valence-electron chi connectivity index (χ3n) is 0. The van der Waals surface area contributed by atoms with Crippen LogP contribution in [0.3, 0.4) is 0 Å². The molecule has 0 bridgehead atoms. The molecule has 0 saturated heterocycles. The molecule has 0 nitrogen and oxygen atoms in total. The van der Waals surface area contributed by atoms with Gasteiger partial charge in [0.1, 0.15) is 0 Å². The van der Waals surface area contributed by atoms with Crippen molar-refractivity contribution in [1.82, 2.24) is 0 Å². The Hall–Kier alpha value is 1.88. The van der Waals surface area contributed by atoms with E-state index in [4.69, 9.17) is 0 Å². The molecule has 0 aliphatic heterocycles. The topological polar surface area (TPSA) is 0 Å². The average molecular weight is 368 g/mol. The molecule has 0 aliphatic carbocycles. The van der Waals surface area contributed by atoms with Crippen molar-refractivity contribution in [3.8, 4) is 0 Å². The Labute approximate surface area is 95.2 Å². The largest absolute Gasteiger partial charge is 1.00 e. The number of hydrogen-bond donors (Lipinski definition) is 0. The fourth-order valence-corrected chi connectivity index (χ4v) is 0. The van der Waals surface area contributed by atoms with E-state index < -0.39 is 0 Å². The van der Waals surface area contributed by atoms with Crippen molar-refractivity contribution < 1.29 is 50.7 Å². The van der Waals surface area contributed by atoms with E-state index in [1.54, 1.807) is 0 Å². The zero-order chi connectivity index (χ0) is 5.41. The van der Waals surface area contributed by atoms with E-state index in [1.165, 1.54) is 0 Å². The van der Waals surface area contributed by atoms with Gasteiger partial charge in [-0.1, -0.05) is 26.2 Å². The molecule has 0 aromatic carbocycles. The molecule has 0 heterocycles. The molecule has 9 heavy (non-hydrogen) atoms. The van der Waals surface area contributed by atoms with Gasteiger partial charge in [0.25, 0.3) is 0 Å². The third-order valence-corrected chi connectivity index (χ3v) is 0. The summed E-state index contributed by atoms with van der Waals surface area (Å²) in [5.41, 5.74) is 0. The molecule has 0 aromatic heterocycles. The second-order valence-corrected chi connectivity index (χ2v) is 3.46. The fourth-order valence-electron chi connectivity index (χ4n) is 0. The molecule has 0 spiro atoms. The predicted octanol–water partition coefficient (Wildman–Crippen LogP) is -4.96. The third kappa shape index (κ3) is 173. The van der Waals surface area contributed by atoms with Gasteiger partial charge in [0.05, 0.1) is 0 Å². The minimum Gasteiger partial charge on any atom is -1.00 e. The Kier molecular flexibility index (Phi) is 176. The molecular weight excluding hydrogens is 354 g/mol. The second kappa shape index (κ2) is 51.7. The summed E-state index contributed by atoms with van der Waals surface area (Å²) in [5.74, 6) is 0. The molecule has 0 atom stereocenters. The standard InChI is InChI=1S/2C2H7Si.2ClH.Hf/c2*1-3-2;;;/h2*3H,1-2H3;2*1H;/p-2. The van der Waals surface area contributed by atoms with E-state index >= 15 is 0 Å². The average Bonchev–Trinajstić information content (AvgIpc) is 1.39. The van der Waals surface area contributed by atoms with Gasteiger partial charge in [0.2, 0.25) is 0 Å². The molecule has 0 fully saturated rings. The summed E-state index contributed by atoms with van der Waals surface area (Å²) in [4.78, 5) is 0.